The van der Waals surface area contributed by atoms with E-state index in [0.717, 1.165) is 5.56 Å². The largest absolute Gasteiger partial charge is 0.496 e. The van der Waals surface area contributed by atoms with Gasteiger partial charge >= 0.3 is 0 Å². The van der Waals surface area contributed by atoms with Crippen molar-refractivity contribution in [3.63, 3.8) is 0 Å². The van der Waals surface area contributed by atoms with Gasteiger partial charge in [0, 0.05) is 38.8 Å². The molecular weight excluding hydrogens is 384 g/mol. The Kier molecular flexibility index (Phi) is 7.83. The number of nitrogens with zero attached hydrogens (tertiary/aromatic N) is 3. The average molecular weight is 419 g/mol. The maximum atomic E-state index is 12.8. The van der Waals surface area contributed by atoms with Crippen LogP contribution in [0.25, 0.3) is 0 Å². The molecule has 0 atom stereocenters. The van der Waals surface area contributed by atoms with E-state index < -0.39 is 0 Å². The molecule has 8 nitrogen and oxygen atoms in total. The van der Waals surface area contributed by atoms with Crippen LogP contribution in [0.1, 0.15) is 36.7 Å². The number of methoxy groups -OCH3 is 1. The summed E-state index contributed by atoms with van der Waals surface area (Å²) in [6, 6.07) is 5.40. The molecule has 0 saturated carbocycles. The Bertz CT molecular complexity index is 780. The quantitative estimate of drug-likeness (QED) is 0.749. The van der Waals surface area contributed by atoms with Gasteiger partial charge in [0.15, 0.2) is 0 Å². The summed E-state index contributed by atoms with van der Waals surface area (Å²) in [5.41, 5.74) is 1.14. The van der Waals surface area contributed by atoms with Gasteiger partial charge < -0.3 is 19.9 Å². The predicted octanol–water partition coefficient (Wildman–Crippen LogP) is 1.13. The summed E-state index contributed by atoms with van der Waals surface area (Å²) in [5, 5.41) is 2.95. The van der Waals surface area contributed by atoms with Gasteiger partial charge in [-0.2, -0.15) is 0 Å². The zero-order valence-corrected chi connectivity index (χ0v) is 18.9. The number of nitrogens with one attached hydrogen (secondary N) is 1. The number of hydrogen-bond donors (Lipinski definition) is 1. The lowest BCUT2D eigenvalue weighted by molar-refractivity contribution is -0.133. The summed E-state index contributed by atoms with van der Waals surface area (Å²) in [7, 11) is 3.14. The van der Waals surface area contributed by atoms with Crippen LogP contribution in [0.4, 0.5) is 0 Å². The van der Waals surface area contributed by atoms with Gasteiger partial charge in [0.25, 0.3) is 5.91 Å². The second-order valence-corrected chi connectivity index (χ2v) is 8.82. The number of benzene rings is 1. The van der Waals surface area contributed by atoms with E-state index in [-0.39, 0.29) is 29.8 Å². The molecule has 30 heavy (non-hydrogen) atoms. The van der Waals surface area contributed by atoms with Crippen LogP contribution in [-0.4, -0.2) is 91.4 Å². The Morgan fingerprint density at radius 3 is 2.33 bits per heavy atom. The lowest BCUT2D eigenvalue weighted by Crippen LogP contribution is -2.54. The lowest BCUT2D eigenvalue weighted by Gasteiger charge is -2.35. The first-order chi connectivity index (χ1) is 14.0. The molecule has 0 unspecified atom stereocenters. The monoisotopic (exact) mass is 418 g/mol. The molecule has 8 heteroatoms. The molecule has 2 rings (SSSR count). The van der Waals surface area contributed by atoms with Crippen LogP contribution in [0.3, 0.4) is 0 Å². The topological polar surface area (TPSA) is 82.2 Å². The highest BCUT2D eigenvalue weighted by Crippen LogP contribution is 2.21. The first-order valence-electron chi connectivity index (χ1n) is 10.2. The highest BCUT2D eigenvalue weighted by molar-refractivity contribution is 5.98. The second-order valence-electron chi connectivity index (χ2n) is 8.82. The standard InChI is InChI=1S/C22H34N4O4/c1-16-7-8-18(30-6)17(13-16)21(29)24(5)15-20(28)26-11-9-25(10-12-26)14-19(27)23-22(2,3)4/h7-8,13H,9-12,14-15H2,1-6H3,(H,23,27). The van der Waals surface area contributed by atoms with Crippen molar-refractivity contribution >= 4 is 17.7 Å². The van der Waals surface area contributed by atoms with Crippen molar-refractivity contribution in [3.8, 4) is 5.75 Å². The third kappa shape index (κ3) is 6.73. The molecule has 1 aliphatic heterocycles. The van der Waals surface area contributed by atoms with E-state index in [1.807, 2.05) is 38.7 Å². The summed E-state index contributed by atoms with van der Waals surface area (Å²) < 4.78 is 5.29. The summed E-state index contributed by atoms with van der Waals surface area (Å²) in [6.07, 6.45) is 0. The Labute approximate surface area is 179 Å². The van der Waals surface area contributed by atoms with Gasteiger partial charge in [0.1, 0.15) is 5.75 Å². The number of carbonyl (C=O) groups excluding carboxylic acids is 3. The van der Waals surface area contributed by atoms with Crippen LogP contribution in [0.5, 0.6) is 5.75 Å². The van der Waals surface area contributed by atoms with Gasteiger partial charge in [0.2, 0.25) is 11.8 Å². The Balaban J connectivity index is 1.86. The number of rotatable bonds is 6. The molecule has 1 aliphatic rings. The fourth-order valence-electron chi connectivity index (χ4n) is 3.39. The molecule has 1 N–H and O–H groups in total. The molecule has 1 heterocycles. The highest BCUT2D eigenvalue weighted by atomic mass is 16.5. The smallest absolute Gasteiger partial charge is 0.257 e. The molecule has 0 radical (unpaired) electrons. The minimum absolute atomic E-state index is 0.000436. The van der Waals surface area contributed by atoms with E-state index in [4.69, 9.17) is 4.74 Å². The Morgan fingerprint density at radius 1 is 1.13 bits per heavy atom. The van der Waals surface area contributed by atoms with Gasteiger partial charge in [-0.3, -0.25) is 19.3 Å². The number of carbonyl (C=O) groups is 3. The summed E-state index contributed by atoms with van der Waals surface area (Å²) >= 11 is 0. The average Bonchev–Trinajstić information content (AvgIpc) is 2.66. The normalized spacial score (nSPS) is 14.9. The zero-order valence-electron chi connectivity index (χ0n) is 18.9. The van der Waals surface area contributed by atoms with Crippen molar-refractivity contribution in [1.82, 2.24) is 20.0 Å². The van der Waals surface area contributed by atoms with Gasteiger partial charge in [-0.15, -0.1) is 0 Å². The lowest BCUT2D eigenvalue weighted by atomic mass is 10.1. The van der Waals surface area contributed by atoms with E-state index in [1.54, 1.807) is 24.1 Å². The molecule has 3 amide bonds. The molecule has 0 bridgehead atoms. The third-order valence-electron chi connectivity index (χ3n) is 4.91. The molecular formula is C22H34N4O4. The van der Waals surface area contributed by atoms with E-state index in [2.05, 4.69) is 5.32 Å². The molecule has 0 aliphatic carbocycles. The molecule has 166 valence electrons. The summed E-state index contributed by atoms with van der Waals surface area (Å²) in [6.45, 7) is 10.4. The maximum Gasteiger partial charge on any atom is 0.257 e. The molecule has 0 spiro atoms. The van der Waals surface area contributed by atoms with Crippen LogP contribution in [0.2, 0.25) is 0 Å². The first-order valence-corrected chi connectivity index (χ1v) is 10.2. The fourth-order valence-corrected chi connectivity index (χ4v) is 3.39. The molecule has 1 saturated heterocycles. The van der Waals surface area contributed by atoms with Crippen molar-refractivity contribution in [3.05, 3.63) is 29.3 Å². The fraction of sp³-hybridized carbons (Fsp3) is 0.591. The third-order valence-corrected chi connectivity index (χ3v) is 4.91. The molecule has 1 aromatic rings. The van der Waals surface area contributed by atoms with Crippen LogP contribution in [0, 0.1) is 6.92 Å². The van der Waals surface area contributed by atoms with Crippen molar-refractivity contribution in [1.29, 1.82) is 0 Å². The highest BCUT2D eigenvalue weighted by Gasteiger charge is 2.26. The van der Waals surface area contributed by atoms with E-state index in [1.165, 1.54) is 12.0 Å². The number of hydrogen-bond acceptors (Lipinski definition) is 5. The van der Waals surface area contributed by atoms with E-state index >= 15 is 0 Å². The Hall–Kier alpha value is -2.61. The number of ether oxygens (including phenoxy) is 1. The summed E-state index contributed by atoms with van der Waals surface area (Å²) in [5.74, 6) is 0.129. The first kappa shape index (κ1) is 23.7. The van der Waals surface area contributed by atoms with Crippen molar-refractivity contribution < 1.29 is 19.1 Å². The number of likely N-dealkylation sites (N-methyl/N-ethyl adjacent to an activating group) is 1. The minimum Gasteiger partial charge on any atom is -0.496 e. The predicted molar refractivity (Wildman–Crippen MR) is 116 cm³/mol. The van der Waals surface area contributed by atoms with Crippen LogP contribution in [-0.2, 0) is 9.59 Å². The number of aryl methyl sites for hydroxylation is 1. The zero-order chi connectivity index (χ0) is 22.5. The summed E-state index contributed by atoms with van der Waals surface area (Å²) in [4.78, 5) is 42.8. The van der Waals surface area contributed by atoms with Crippen molar-refractivity contribution in [2.24, 2.45) is 0 Å². The molecule has 1 aromatic carbocycles. The number of piperazine rings is 1. The maximum absolute atomic E-state index is 12.8. The SMILES string of the molecule is COc1ccc(C)cc1C(=O)N(C)CC(=O)N1CCN(CC(=O)NC(C)(C)C)CC1. The van der Waals surface area contributed by atoms with E-state index in [0.29, 0.717) is 44.0 Å². The van der Waals surface area contributed by atoms with Gasteiger partial charge in [0.05, 0.1) is 25.8 Å². The van der Waals surface area contributed by atoms with Crippen LogP contribution < -0.4 is 10.1 Å². The van der Waals surface area contributed by atoms with Gasteiger partial charge in [-0.05, 0) is 39.8 Å². The minimum atomic E-state index is -0.258. The molecule has 0 aromatic heterocycles. The molecule has 1 fully saturated rings. The van der Waals surface area contributed by atoms with Crippen molar-refractivity contribution in [2.45, 2.75) is 33.2 Å². The van der Waals surface area contributed by atoms with Crippen LogP contribution >= 0.6 is 0 Å². The number of amides is 3. The second kappa shape index (κ2) is 9.93. The van der Waals surface area contributed by atoms with Crippen molar-refractivity contribution in [2.75, 3.05) is 53.4 Å². The van der Waals surface area contributed by atoms with E-state index in [9.17, 15) is 14.4 Å². The van der Waals surface area contributed by atoms with Gasteiger partial charge in [-0.1, -0.05) is 11.6 Å². The Morgan fingerprint density at radius 2 is 1.77 bits per heavy atom. The van der Waals surface area contributed by atoms with Gasteiger partial charge in [-0.25, -0.2) is 0 Å². The van der Waals surface area contributed by atoms with Crippen LogP contribution in [0.15, 0.2) is 18.2 Å².